The van der Waals surface area contributed by atoms with Gasteiger partial charge in [0, 0.05) is 6.42 Å². The molecule has 1 N–H and O–H groups in total. The normalized spacial score (nSPS) is 16.6. The van der Waals surface area contributed by atoms with Crippen molar-refractivity contribution in [2.24, 2.45) is 5.41 Å². The number of rotatable bonds is 11. The van der Waals surface area contributed by atoms with Crippen LogP contribution >= 0.6 is 0 Å². The number of benzene rings is 1. The molecule has 1 atom stereocenters. The van der Waals surface area contributed by atoms with Crippen LogP contribution in [0.1, 0.15) is 96.0 Å². The van der Waals surface area contributed by atoms with Gasteiger partial charge in [0.1, 0.15) is 5.75 Å². The molecule has 0 saturated heterocycles. The summed E-state index contributed by atoms with van der Waals surface area (Å²) in [5.74, 6) is 7.17. The molecule has 0 aromatic heterocycles. The van der Waals surface area contributed by atoms with Gasteiger partial charge in [0.15, 0.2) is 0 Å². The second-order valence-corrected chi connectivity index (χ2v) is 8.40. The molecular formula is C26H38O2. The van der Waals surface area contributed by atoms with E-state index in [0.29, 0.717) is 11.8 Å². The summed E-state index contributed by atoms with van der Waals surface area (Å²) in [7, 11) is 0. The second kappa shape index (κ2) is 11.8. The van der Waals surface area contributed by atoms with E-state index in [1.54, 1.807) is 0 Å². The fourth-order valence-electron chi connectivity index (χ4n) is 4.57. The number of aliphatic hydroxyl groups excluding tert-OH is 1. The Hall–Kier alpha value is -1.88. The van der Waals surface area contributed by atoms with Gasteiger partial charge in [0.25, 0.3) is 0 Å². The van der Waals surface area contributed by atoms with Crippen molar-refractivity contribution in [1.82, 2.24) is 0 Å². The van der Waals surface area contributed by atoms with Crippen LogP contribution in [0.4, 0.5) is 0 Å². The smallest absolute Gasteiger partial charge is 0.119 e. The molecule has 1 aromatic rings. The van der Waals surface area contributed by atoms with Gasteiger partial charge in [-0.05, 0) is 62.1 Å². The number of unbranched alkanes of at least 4 members (excludes halogenated alkanes) is 1. The van der Waals surface area contributed by atoms with Crippen molar-refractivity contribution >= 4 is 0 Å². The lowest BCUT2D eigenvalue weighted by Crippen LogP contribution is -2.24. The van der Waals surface area contributed by atoms with E-state index < -0.39 is 0 Å². The molecule has 1 aliphatic carbocycles. The maximum atomic E-state index is 9.50. The van der Waals surface area contributed by atoms with E-state index in [-0.39, 0.29) is 11.7 Å². The van der Waals surface area contributed by atoms with Gasteiger partial charge < -0.3 is 9.84 Å². The molecule has 154 valence electrons. The maximum Gasteiger partial charge on any atom is 0.119 e. The number of hydrogen-bond donors (Lipinski definition) is 1. The summed E-state index contributed by atoms with van der Waals surface area (Å²) in [6, 6.07) is 8.15. The second-order valence-electron chi connectivity index (χ2n) is 8.40. The van der Waals surface area contributed by atoms with Crippen molar-refractivity contribution < 1.29 is 9.84 Å². The lowest BCUT2D eigenvalue weighted by Gasteiger charge is -2.37. The van der Waals surface area contributed by atoms with E-state index >= 15 is 0 Å². The van der Waals surface area contributed by atoms with E-state index in [4.69, 9.17) is 4.74 Å². The molecule has 1 aromatic carbocycles. The third-order valence-corrected chi connectivity index (χ3v) is 6.14. The molecule has 0 bridgehead atoms. The van der Waals surface area contributed by atoms with Gasteiger partial charge in [-0.1, -0.05) is 63.7 Å². The van der Waals surface area contributed by atoms with Crippen LogP contribution in [0.3, 0.4) is 0 Å². The largest absolute Gasteiger partial charge is 0.513 e. The zero-order valence-corrected chi connectivity index (χ0v) is 17.9. The average Bonchev–Trinajstić information content (AvgIpc) is 2.70. The van der Waals surface area contributed by atoms with Crippen LogP contribution in [0, 0.1) is 17.3 Å². The first-order valence-corrected chi connectivity index (χ1v) is 11.1. The van der Waals surface area contributed by atoms with E-state index in [1.807, 2.05) is 19.1 Å². The third kappa shape index (κ3) is 7.27. The Morgan fingerprint density at radius 2 is 1.82 bits per heavy atom. The highest BCUT2D eigenvalue weighted by molar-refractivity contribution is 5.34. The van der Waals surface area contributed by atoms with E-state index in [9.17, 15) is 5.11 Å². The molecule has 0 spiro atoms. The zero-order chi connectivity index (χ0) is 20.2. The molecule has 2 rings (SSSR count). The average molecular weight is 383 g/mol. The molecule has 28 heavy (non-hydrogen) atoms. The van der Waals surface area contributed by atoms with E-state index in [0.717, 1.165) is 24.3 Å². The molecular weight excluding hydrogens is 344 g/mol. The van der Waals surface area contributed by atoms with Gasteiger partial charge in [0.05, 0.1) is 18.3 Å². The van der Waals surface area contributed by atoms with Crippen LogP contribution in [0.15, 0.2) is 36.6 Å². The minimum Gasteiger partial charge on any atom is -0.513 e. The standard InChI is InChI=1S/C26H38O2/c1-4-6-16-26(17-8-7-9-18-26)19-10-20-28-25-14-12-23(13-15-25)24(11-5-2)21-22(3)27/h12-15,24,27H,3-4,6-10,16-21H2,1-2H3. The minimum atomic E-state index is -0.0127. The van der Waals surface area contributed by atoms with Crippen LogP contribution in [-0.4, -0.2) is 11.7 Å². The lowest BCUT2D eigenvalue weighted by molar-refractivity contribution is 0.138. The van der Waals surface area contributed by atoms with Crippen molar-refractivity contribution in [1.29, 1.82) is 0 Å². The zero-order valence-electron chi connectivity index (χ0n) is 17.9. The maximum absolute atomic E-state index is 9.50. The summed E-state index contributed by atoms with van der Waals surface area (Å²) in [5.41, 5.74) is 1.68. The summed E-state index contributed by atoms with van der Waals surface area (Å²) in [5, 5.41) is 9.50. The predicted molar refractivity (Wildman–Crippen MR) is 119 cm³/mol. The number of aliphatic hydroxyl groups is 1. The fraction of sp³-hybridized carbons (Fsp3) is 0.615. The van der Waals surface area contributed by atoms with Crippen LogP contribution in [0.2, 0.25) is 0 Å². The van der Waals surface area contributed by atoms with Crippen LogP contribution in [-0.2, 0) is 0 Å². The molecule has 0 aliphatic heterocycles. The number of ether oxygens (including phenoxy) is 1. The monoisotopic (exact) mass is 382 g/mol. The molecule has 0 amide bonds. The Morgan fingerprint density at radius 3 is 2.43 bits per heavy atom. The van der Waals surface area contributed by atoms with Gasteiger partial charge in [-0.2, -0.15) is 0 Å². The summed E-state index contributed by atoms with van der Waals surface area (Å²) >= 11 is 0. The first-order chi connectivity index (χ1) is 13.6. The van der Waals surface area contributed by atoms with Crippen molar-refractivity contribution in [2.75, 3.05) is 6.61 Å². The van der Waals surface area contributed by atoms with Gasteiger partial charge >= 0.3 is 0 Å². The Labute approximate surface area is 172 Å². The fourth-order valence-corrected chi connectivity index (χ4v) is 4.57. The Balaban J connectivity index is 1.83. The van der Waals surface area contributed by atoms with Crippen molar-refractivity contribution in [3.05, 3.63) is 42.2 Å². The van der Waals surface area contributed by atoms with Crippen molar-refractivity contribution in [3.63, 3.8) is 0 Å². The van der Waals surface area contributed by atoms with Gasteiger partial charge in [-0.3, -0.25) is 0 Å². The summed E-state index contributed by atoms with van der Waals surface area (Å²) in [6.07, 6.45) is 14.1. The van der Waals surface area contributed by atoms with E-state index in [1.165, 1.54) is 57.8 Å². The van der Waals surface area contributed by atoms with Gasteiger partial charge in [0.2, 0.25) is 0 Å². The Bertz CT molecular complexity index is 641. The third-order valence-electron chi connectivity index (χ3n) is 6.14. The molecule has 1 aliphatic rings. The molecule has 1 fully saturated rings. The SMILES string of the molecule is C=C(O)CC(C#CC)c1ccc(OCCCC2(CCCC)CCCCC2)cc1. The summed E-state index contributed by atoms with van der Waals surface area (Å²) in [4.78, 5) is 0. The highest BCUT2D eigenvalue weighted by Crippen LogP contribution is 2.44. The van der Waals surface area contributed by atoms with Crippen LogP contribution in [0.5, 0.6) is 5.75 Å². The summed E-state index contributed by atoms with van der Waals surface area (Å²) < 4.78 is 6.02. The molecule has 0 heterocycles. The van der Waals surface area contributed by atoms with Crippen LogP contribution in [0.25, 0.3) is 0 Å². The van der Waals surface area contributed by atoms with Gasteiger partial charge in [-0.15, -0.1) is 5.92 Å². The Morgan fingerprint density at radius 1 is 1.14 bits per heavy atom. The van der Waals surface area contributed by atoms with Crippen LogP contribution < -0.4 is 4.74 Å². The van der Waals surface area contributed by atoms with Crippen molar-refractivity contribution in [3.8, 4) is 17.6 Å². The minimum absolute atomic E-state index is 0.0127. The molecule has 2 heteroatoms. The highest BCUT2D eigenvalue weighted by atomic mass is 16.5. The Kier molecular flexibility index (Phi) is 9.48. The number of hydrogen-bond acceptors (Lipinski definition) is 2. The lowest BCUT2D eigenvalue weighted by atomic mass is 9.68. The quantitative estimate of drug-likeness (QED) is 0.243. The highest BCUT2D eigenvalue weighted by Gasteiger charge is 2.30. The first-order valence-electron chi connectivity index (χ1n) is 11.1. The number of allylic oxidation sites excluding steroid dienone is 1. The molecule has 1 unspecified atom stereocenters. The van der Waals surface area contributed by atoms with Crippen molar-refractivity contribution in [2.45, 2.75) is 90.4 Å². The molecule has 1 saturated carbocycles. The molecule has 0 radical (unpaired) electrons. The predicted octanol–water partition coefficient (Wildman–Crippen LogP) is 7.56. The topological polar surface area (TPSA) is 29.5 Å². The first kappa shape index (κ1) is 22.4. The summed E-state index contributed by atoms with van der Waals surface area (Å²) in [6.45, 7) is 8.51. The van der Waals surface area contributed by atoms with E-state index in [2.05, 4.69) is 37.5 Å². The molecule has 2 nitrogen and oxygen atoms in total. The van der Waals surface area contributed by atoms with Gasteiger partial charge in [-0.25, -0.2) is 0 Å².